The van der Waals surface area contributed by atoms with Gasteiger partial charge in [0.2, 0.25) is 0 Å². The van der Waals surface area contributed by atoms with Crippen LogP contribution in [0.3, 0.4) is 0 Å². The number of nitrogens with zero attached hydrogens (tertiary/aromatic N) is 1. The lowest BCUT2D eigenvalue weighted by atomic mass is 9.97. The van der Waals surface area contributed by atoms with Crippen molar-refractivity contribution in [2.75, 3.05) is 20.1 Å². The van der Waals surface area contributed by atoms with Crippen LogP contribution >= 0.6 is 11.6 Å². The van der Waals surface area contributed by atoms with Crippen LogP contribution in [0.15, 0.2) is 12.1 Å². The summed E-state index contributed by atoms with van der Waals surface area (Å²) in [4.78, 5) is 2.28. The van der Waals surface area contributed by atoms with Crippen LogP contribution in [0, 0.1) is 11.7 Å². The Morgan fingerprint density at radius 1 is 1.50 bits per heavy atom. The average molecular weight is 271 g/mol. The second-order valence-corrected chi connectivity index (χ2v) is 5.53. The van der Waals surface area contributed by atoms with Crippen molar-refractivity contribution in [2.45, 2.75) is 25.8 Å². The smallest absolute Gasteiger partial charge is 0.144 e. The number of likely N-dealkylation sites (tertiary alicyclic amines) is 1. The molecule has 1 aliphatic rings. The average Bonchev–Trinajstić information content (AvgIpc) is 2.74. The third-order valence-electron chi connectivity index (χ3n) is 3.86. The Morgan fingerprint density at radius 2 is 2.22 bits per heavy atom. The van der Waals surface area contributed by atoms with Gasteiger partial charge in [0, 0.05) is 12.6 Å². The van der Waals surface area contributed by atoms with Gasteiger partial charge < -0.3 is 5.73 Å². The fourth-order valence-corrected chi connectivity index (χ4v) is 3.03. The fraction of sp³-hybridized carbons (Fsp3) is 0.571. The van der Waals surface area contributed by atoms with E-state index in [1.54, 1.807) is 6.07 Å². The van der Waals surface area contributed by atoms with E-state index in [-0.39, 0.29) is 10.8 Å². The molecule has 18 heavy (non-hydrogen) atoms. The molecular weight excluding hydrogens is 251 g/mol. The van der Waals surface area contributed by atoms with E-state index in [1.807, 2.05) is 13.0 Å². The summed E-state index contributed by atoms with van der Waals surface area (Å²) in [5.41, 5.74) is 7.54. The molecule has 1 aromatic carbocycles. The van der Waals surface area contributed by atoms with Gasteiger partial charge in [0.1, 0.15) is 5.82 Å². The van der Waals surface area contributed by atoms with Crippen LogP contribution in [-0.4, -0.2) is 25.0 Å². The summed E-state index contributed by atoms with van der Waals surface area (Å²) in [5, 5.41) is 0.231. The molecule has 2 atom stereocenters. The Bertz CT molecular complexity index is 436. The molecule has 1 aromatic rings. The molecule has 2 unspecified atom stereocenters. The maximum absolute atomic E-state index is 13.7. The van der Waals surface area contributed by atoms with Gasteiger partial charge in [-0.05, 0) is 49.5 Å². The zero-order chi connectivity index (χ0) is 13.3. The largest absolute Gasteiger partial charge is 0.330 e. The summed E-state index contributed by atoms with van der Waals surface area (Å²) in [6.45, 7) is 3.65. The Labute approximate surface area is 113 Å². The van der Waals surface area contributed by atoms with E-state index in [9.17, 15) is 4.39 Å². The number of aryl methyl sites for hydroxylation is 1. The number of benzene rings is 1. The SMILES string of the molecule is CCc1cc(C2CC(CN)CN2C)cc(Cl)c1F. The monoisotopic (exact) mass is 270 g/mol. The predicted octanol–water partition coefficient (Wildman–Crippen LogP) is 2.99. The van der Waals surface area contributed by atoms with E-state index < -0.39 is 0 Å². The molecular formula is C14H20ClFN2. The summed E-state index contributed by atoms with van der Waals surface area (Å²) in [6.07, 6.45) is 1.69. The van der Waals surface area contributed by atoms with Gasteiger partial charge in [0.15, 0.2) is 0 Å². The Kier molecular flexibility index (Phi) is 4.25. The molecule has 0 aliphatic carbocycles. The summed E-state index contributed by atoms with van der Waals surface area (Å²) in [6, 6.07) is 4.01. The van der Waals surface area contributed by atoms with E-state index >= 15 is 0 Å². The van der Waals surface area contributed by atoms with Gasteiger partial charge in [-0.25, -0.2) is 4.39 Å². The Hall–Kier alpha value is -0.640. The molecule has 4 heteroatoms. The summed E-state index contributed by atoms with van der Waals surface area (Å²) in [5.74, 6) is 0.243. The van der Waals surface area contributed by atoms with Gasteiger partial charge in [0.05, 0.1) is 5.02 Å². The van der Waals surface area contributed by atoms with Crippen LogP contribution in [0.1, 0.15) is 30.5 Å². The minimum Gasteiger partial charge on any atom is -0.330 e. The van der Waals surface area contributed by atoms with Crippen LogP contribution in [0.2, 0.25) is 5.02 Å². The highest BCUT2D eigenvalue weighted by atomic mass is 35.5. The third kappa shape index (κ3) is 2.53. The first-order valence-electron chi connectivity index (χ1n) is 6.44. The standard InChI is InChI=1S/C14H20ClFN2/c1-3-10-5-11(6-12(15)14(10)16)13-4-9(7-17)8-18(13)2/h5-6,9,13H,3-4,7-8,17H2,1-2H3. The van der Waals surface area contributed by atoms with Crippen molar-refractivity contribution < 1.29 is 4.39 Å². The minimum absolute atomic E-state index is 0.231. The zero-order valence-electron chi connectivity index (χ0n) is 10.9. The maximum atomic E-state index is 13.7. The summed E-state index contributed by atoms with van der Waals surface area (Å²) in [7, 11) is 2.09. The van der Waals surface area contributed by atoms with Crippen molar-refractivity contribution in [3.8, 4) is 0 Å². The predicted molar refractivity (Wildman–Crippen MR) is 73.3 cm³/mol. The first kappa shape index (κ1) is 13.8. The molecule has 0 spiro atoms. The molecule has 0 bridgehead atoms. The van der Waals surface area contributed by atoms with Gasteiger partial charge >= 0.3 is 0 Å². The van der Waals surface area contributed by atoms with Gasteiger partial charge in [0.25, 0.3) is 0 Å². The summed E-state index contributed by atoms with van der Waals surface area (Å²) >= 11 is 5.98. The van der Waals surface area contributed by atoms with E-state index in [4.69, 9.17) is 17.3 Å². The number of nitrogens with two attached hydrogens (primary N) is 1. The van der Waals surface area contributed by atoms with E-state index in [0.717, 1.165) is 18.5 Å². The lowest BCUT2D eigenvalue weighted by Crippen LogP contribution is -2.20. The molecule has 1 saturated heterocycles. The Morgan fingerprint density at radius 3 is 2.78 bits per heavy atom. The highest BCUT2D eigenvalue weighted by Gasteiger charge is 2.30. The van der Waals surface area contributed by atoms with Crippen molar-refractivity contribution >= 4 is 11.6 Å². The van der Waals surface area contributed by atoms with E-state index in [1.165, 1.54) is 0 Å². The third-order valence-corrected chi connectivity index (χ3v) is 4.13. The molecule has 1 fully saturated rings. The van der Waals surface area contributed by atoms with Crippen molar-refractivity contribution in [3.05, 3.63) is 34.1 Å². The molecule has 0 saturated carbocycles. The quantitative estimate of drug-likeness (QED) is 0.915. The molecule has 0 amide bonds. The van der Waals surface area contributed by atoms with Gasteiger partial charge in [-0.3, -0.25) is 4.90 Å². The highest BCUT2D eigenvalue weighted by Crippen LogP contribution is 2.36. The first-order valence-corrected chi connectivity index (χ1v) is 6.82. The number of halogens is 2. The lowest BCUT2D eigenvalue weighted by molar-refractivity contribution is 0.313. The van der Waals surface area contributed by atoms with E-state index in [2.05, 4.69) is 11.9 Å². The van der Waals surface area contributed by atoms with Crippen LogP contribution in [0.5, 0.6) is 0 Å². The molecule has 1 aliphatic heterocycles. The Balaban J connectivity index is 2.31. The zero-order valence-corrected chi connectivity index (χ0v) is 11.7. The van der Waals surface area contributed by atoms with Crippen molar-refractivity contribution in [1.29, 1.82) is 0 Å². The molecule has 1 heterocycles. The van der Waals surface area contributed by atoms with Crippen molar-refractivity contribution in [1.82, 2.24) is 4.90 Å². The fourth-order valence-electron chi connectivity index (χ4n) is 2.78. The minimum atomic E-state index is -0.279. The molecule has 0 radical (unpaired) electrons. The highest BCUT2D eigenvalue weighted by molar-refractivity contribution is 6.30. The molecule has 2 nitrogen and oxygen atoms in total. The molecule has 100 valence electrons. The summed E-state index contributed by atoms with van der Waals surface area (Å²) < 4.78 is 13.7. The van der Waals surface area contributed by atoms with Crippen LogP contribution in [0.4, 0.5) is 4.39 Å². The van der Waals surface area contributed by atoms with Gasteiger partial charge in [-0.15, -0.1) is 0 Å². The van der Waals surface area contributed by atoms with Gasteiger partial charge in [-0.2, -0.15) is 0 Å². The second-order valence-electron chi connectivity index (χ2n) is 5.12. The van der Waals surface area contributed by atoms with Gasteiger partial charge in [-0.1, -0.05) is 24.6 Å². The first-order chi connectivity index (χ1) is 8.56. The normalized spacial score (nSPS) is 24.7. The molecule has 2 N–H and O–H groups in total. The van der Waals surface area contributed by atoms with Crippen LogP contribution in [0.25, 0.3) is 0 Å². The number of hydrogen-bond donors (Lipinski definition) is 1. The maximum Gasteiger partial charge on any atom is 0.144 e. The van der Waals surface area contributed by atoms with Crippen LogP contribution in [-0.2, 0) is 6.42 Å². The van der Waals surface area contributed by atoms with Crippen molar-refractivity contribution in [3.63, 3.8) is 0 Å². The molecule has 2 rings (SSSR count). The topological polar surface area (TPSA) is 29.3 Å². The number of rotatable bonds is 3. The number of hydrogen-bond acceptors (Lipinski definition) is 2. The second kappa shape index (κ2) is 5.55. The lowest BCUT2D eigenvalue weighted by Gasteiger charge is -2.21. The van der Waals surface area contributed by atoms with E-state index in [0.29, 0.717) is 30.5 Å². The molecule has 0 aromatic heterocycles. The van der Waals surface area contributed by atoms with Crippen molar-refractivity contribution in [2.24, 2.45) is 11.7 Å². The van der Waals surface area contributed by atoms with Crippen LogP contribution < -0.4 is 5.73 Å².